The third-order valence-electron chi connectivity index (χ3n) is 2.74. The molecule has 0 radical (unpaired) electrons. The van der Waals surface area contributed by atoms with E-state index in [4.69, 9.17) is 0 Å². The summed E-state index contributed by atoms with van der Waals surface area (Å²) in [6.45, 7) is 5.74. The molecule has 20 heavy (non-hydrogen) atoms. The Morgan fingerprint density at radius 3 is 2.45 bits per heavy atom. The number of hydrogen-bond donors (Lipinski definition) is 1. The zero-order valence-corrected chi connectivity index (χ0v) is 12.0. The van der Waals surface area contributed by atoms with Crippen molar-refractivity contribution in [2.45, 2.75) is 26.3 Å². The van der Waals surface area contributed by atoms with Crippen molar-refractivity contribution in [1.82, 2.24) is 5.06 Å². The average Bonchev–Trinajstić information content (AvgIpc) is 2.84. The molecule has 1 N–H and O–H groups in total. The summed E-state index contributed by atoms with van der Waals surface area (Å²) in [6.07, 6.45) is 7.03. The van der Waals surface area contributed by atoms with E-state index in [0.29, 0.717) is 11.5 Å². The Bertz CT molecular complexity index is 577. The van der Waals surface area contributed by atoms with Gasteiger partial charge in [-0.25, -0.2) is 9.98 Å². The molecule has 0 atom stereocenters. The molecule has 0 saturated heterocycles. The molecule has 4 heteroatoms. The summed E-state index contributed by atoms with van der Waals surface area (Å²) in [5.41, 5.74) is 1.37. The average molecular weight is 269 g/mol. The highest BCUT2D eigenvalue weighted by molar-refractivity contribution is 6.08. The smallest absolute Gasteiger partial charge is 0.152 e. The van der Waals surface area contributed by atoms with Gasteiger partial charge in [0, 0.05) is 0 Å². The standard InChI is InChI=1S/C16H19N3O/c1-16(2,3)19(20)12-14-11-17-15(18-14)10-9-13-7-5-4-6-8-13/h4-12,20H,1-3H3/b10-9-,14-12?. The van der Waals surface area contributed by atoms with Crippen LogP contribution in [0.2, 0.25) is 0 Å². The SMILES string of the molecule is CC(C)(C)N(O)C=C1C=NC(/C=C\c2ccccc2)=N1. The molecule has 0 aliphatic carbocycles. The lowest BCUT2D eigenvalue weighted by Crippen LogP contribution is -2.34. The summed E-state index contributed by atoms with van der Waals surface area (Å²) < 4.78 is 0. The van der Waals surface area contributed by atoms with Gasteiger partial charge in [0.15, 0.2) is 5.84 Å². The zero-order valence-electron chi connectivity index (χ0n) is 12.0. The molecule has 0 aromatic heterocycles. The van der Waals surface area contributed by atoms with E-state index in [1.54, 1.807) is 12.4 Å². The molecule has 0 saturated carbocycles. The van der Waals surface area contributed by atoms with Gasteiger partial charge in [-0.05, 0) is 32.4 Å². The van der Waals surface area contributed by atoms with Crippen LogP contribution in [0, 0.1) is 0 Å². The summed E-state index contributed by atoms with van der Waals surface area (Å²) in [7, 11) is 0. The number of rotatable bonds is 3. The van der Waals surface area contributed by atoms with E-state index in [-0.39, 0.29) is 5.54 Å². The lowest BCUT2D eigenvalue weighted by Gasteiger charge is -2.27. The van der Waals surface area contributed by atoms with Crippen molar-refractivity contribution in [2.75, 3.05) is 0 Å². The van der Waals surface area contributed by atoms with E-state index in [1.165, 1.54) is 0 Å². The Labute approximate surface area is 119 Å². The summed E-state index contributed by atoms with van der Waals surface area (Å²) in [5.74, 6) is 0.627. The number of allylic oxidation sites excluding steroid dienone is 1. The van der Waals surface area contributed by atoms with Gasteiger partial charge in [0.05, 0.1) is 18.0 Å². The molecule has 0 fully saturated rings. The second-order valence-corrected chi connectivity index (χ2v) is 5.54. The predicted molar refractivity (Wildman–Crippen MR) is 82.9 cm³/mol. The van der Waals surface area contributed by atoms with Crippen LogP contribution in [0.25, 0.3) is 6.08 Å². The van der Waals surface area contributed by atoms with Crippen LogP contribution < -0.4 is 0 Å². The molecule has 4 nitrogen and oxygen atoms in total. The number of benzene rings is 1. The minimum Gasteiger partial charge on any atom is -0.288 e. The third kappa shape index (κ3) is 3.90. The molecule has 1 aliphatic rings. The highest BCUT2D eigenvalue weighted by Gasteiger charge is 2.17. The molecule has 0 amide bonds. The van der Waals surface area contributed by atoms with Crippen molar-refractivity contribution in [3.8, 4) is 0 Å². The molecular weight excluding hydrogens is 250 g/mol. The van der Waals surface area contributed by atoms with Crippen molar-refractivity contribution < 1.29 is 5.21 Å². The lowest BCUT2D eigenvalue weighted by atomic mass is 10.1. The molecule has 0 unspecified atom stereocenters. The van der Waals surface area contributed by atoms with E-state index in [0.717, 1.165) is 10.6 Å². The molecule has 2 rings (SSSR count). The molecule has 1 aromatic rings. The molecule has 1 aromatic carbocycles. The van der Waals surface area contributed by atoms with E-state index in [9.17, 15) is 5.21 Å². The first-order chi connectivity index (χ1) is 9.45. The van der Waals surface area contributed by atoms with Gasteiger partial charge < -0.3 is 0 Å². The molecule has 0 spiro atoms. The maximum Gasteiger partial charge on any atom is 0.152 e. The van der Waals surface area contributed by atoms with Gasteiger partial charge in [-0.2, -0.15) is 0 Å². The van der Waals surface area contributed by atoms with Crippen LogP contribution >= 0.6 is 0 Å². The highest BCUT2D eigenvalue weighted by Crippen LogP contribution is 2.14. The van der Waals surface area contributed by atoms with E-state index < -0.39 is 0 Å². The first kappa shape index (κ1) is 14.2. The first-order valence-corrected chi connectivity index (χ1v) is 6.51. The maximum atomic E-state index is 9.85. The van der Waals surface area contributed by atoms with E-state index in [2.05, 4.69) is 9.98 Å². The maximum absolute atomic E-state index is 9.85. The first-order valence-electron chi connectivity index (χ1n) is 6.51. The Morgan fingerprint density at radius 2 is 1.80 bits per heavy atom. The number of hydrogen-bond acceptors (Lipinski definition) is 4. The normalized spacial score (nSPS) is 17.0. The van der Waals surface area contributed by atoms with Gasteiger partial charge >= 0.3 is 0 Å². The Balaban J connectivity index is 2.07. The van der Waals surface area contributed by atoms with Crippen LogP contribution in [0.15, 0.2) is 58.3 Å². The van der Waals surface area contributed by atoms with Crippen LogP contribution in [0.3, 0.4) is 0 Å². The van der Waals surface area contributed by atoms with Gasteiger partial charge in [0.25, 0.3) is 0 Å². The van der Waals surface area contributed by atoms with E-state index in [1.807, 2.05) is 63.3 Å². The fourth-order valence-corrected chi connectivity index (χ4v) is 1.52. The van der Waals surface area contributed by atoms with Crippen LogP contribution in [-0.4, -0.2) is 27.9 Å². The fourth-order valence-electron chi connectivity index (χ4n) is 1.52. The Kier molecular flexibility index (Phi) is 4.15. The third-order valence-corrected chi connectivity index (χ3v) is 2.74. The summed E-state index contributed by atoms with van der Waals surface area (Å²) >= 11 is 0. The predicted octanol–water partition coefficient (Wildman–Crippen LogP) is 3.51. The quantitative estimate of drug-likeness (QED) is 0.853. The van der Waals surface area contributed by atoms with Gasteiger partial charge in [-0.15, -0.1) is 0 Å². The highest BCUT2D eigenvalue weighted by atomic mass is 16.5. The number of hydroxylamine groups is 2. The summed E-state index contributed by atoms with van der Waals surface area (Å²) in [4.78, 5) is 8.52. The van der Waals surface area contributed by atoms with Crippen molar-refractivity contribution in [3.63, 3.8) is 0 Å². The van der Waals surface area contributed by atoms with Crippen LogP contribution in [0.5, 0.6) is 0 Å². The van der Waals surface area contributed by atoms with E-state index >= 15 is 0 Å². The molecule has 1 heterocycles. The topological polar surface area (TPSA) is 48.2 Å². The van der Waals surface area contributed by atoms with Crippen LogP contribution in [0.4, 0.5) is 0 Å². The number of nitrogens with zero attached hydrogens (tertiary/aromatic N) is 3. The summed E-state index contributed by atoms with van der Waals surface area (Å²) in [6, 6.07) is 9.98. The van der Waals surface area contributed by atoms with Gasteiger partial charge in [0.1, 0.15) is 5.70 Å². The van der Waals surface area contributed by atoms with Crippen molar-refractivity contribution in [2.24, 2.45) is 9.98 Å². The van der Waals surface area contributed by atoms with Crippen LogP contribution in [0.1, 0.15) is 26.3 Å². The van der Waals surface area contributed by atoms with Gasteiger partial charge in [-0.1, -0.05) is 36.4 Å². The second-order valence-electron chi connectivity index (χ2n) is 5.54. The lowest BCUT2D eigenvalue weighted by molar-refractivity contribution is -0.110. The summed E-state index contributed by atoms with van der Waals surface area (Å²) in [5, 5.41) is 11.0. The van der Waals surface area contributed by atoms with Crippen molar-refractivity contribution in [1.29, 1.82) is 0 Å². The number of aliphatic imine (C=N–C) groups is 2. The Hall–Kier alpha value is -2.20. The minimum absolute atomic E-state index is 0.362. The number of amidine groups is 1. The van der Waals surface area contributed by atoms with Crippen molar-refractivity contribution >= 4 is 18.1 Å². The molecular formula is C16H19N3O. The van der Waals surface area contributed by atoms with Crippen molar-refractivity contribution in [3.05, 3.63) is 53.9 Å². The minimum atomic E-state index is -0.362. The largest absolute Gasteiger partial charge is 0.288 e. The van der Waals surface area contributed by atoms with Gasteiger partial charge in [-0.3, -0.25) is 10.3 Å². The Morgan fingerprint density at radius 1 is 1.10 bits per heavy atom. The zero-order chi connectivity index (χ0) is 14.6. The molecule has 104 valence electrons. The fraction of sp³-hybridized carbons (Fsp3) is 0.250. The second kappa shape index (κ2) is 5.84. The van der Waals surface area contributed by atoms with Crippen LogP contribution in [-0.2, 0) is 0 Å². The molecule has 1 aliphatic heterocycles. The van der Waals surface area contributed by atoms with Gasteiger partial charge in [0.2, 0.25) is 0 Å². The monoisotopic (exact) mass is 269 g/mol. The molecule has 0 bridgehead atoms.